The third-order valence-corrected chi connectivity index (χ3v) is 3.93. The van der Waals surface area contributed by atoms with Crippen LogP contribution in [0.2, 0.25) is 10.0 Å². The number of hydrogen-bond donors (Lipinski definition) is 1. The van der Waals surface area contributed by atoms with E-state index < -0.39 is 0 Å². The molecule has 0 spiro atoms. The zero-order valence-electron chi connectivity index (χ0n) is 11.5. The van der Waals surface area contributed by atoms with Crippen molar-refractivity contribution >= 4 is 34.6 Å². The van der Waals surface area contributed by atoms with Crippen LogP contribution in [-0.4, -0.2) is 25.9 Å². The third kappa shape index (κ3) is 2.85. The Balaban J connectivity index is 2.19. The van der Waals surface area contributed by atoms with Crippen LogP contribution in [0.1, 0.15) is 11.1 Å². The van der Waals surface area contributed by atoms with Gasteiger partial charge in [0, 0.05) is 28.4 Å². The van der Waals surface area contributed by atoms with Crippen LogP contribution in [-0.2, 0) is 0 Å². The van der Waals surface area contributed by atoms with Gasteiger partial charge in [0.25, 0.3) is 0 Å². The van der Waals surface area contributed by atoms with Gasteiger partial charge < -0.3 is 10.1 Å². The average molecular weight is 321 g/mol. The monoisotopic (exact) mass is 320 g/mol. The first-order chi connectivity index (χ1) is 10.2. The number of anilines is 1. The second-order valence-electron chi connectivity index (χ2n) is 4.69. The maximum absolute atomic E-state index is 6.36. The fourth-order valence-electron chi connectivity index (χ4n) is 2.35. The summed E-state index contributed by atoms with van der Waals surface area (Å²) in [6, 6.07) is 11.3. The highest BCUT2D eigenvalue weighted by Gasteiger charge is 2.18. The van der Waals surface area contributed by atoms with E-state index in [1.54, 1.807) is 7.11 Å². The molecule has 0 atom stereocenters. The third-order valence-electron chi connectivity index (χ3n) is 3.36. The van der Waals surface area contributed by atoms with Crippen LogP contribution in [0.4, 0.5) is 5.69 Å². The van der Waals surface area contributed by atoms with E-state index in [9.17, 15) is 0 Å². The first-order valence-corrected chi connectivity index (χ1v) is 7.37. The average Bonchev–Trinajstić information content (AvgIpc) is 2.70. The molecule has 0 amide bonds. The first-order valence-electron chi connectivity index (χ1n) is 6.61. The molecule has 1 N–H and O–H groups in total. The Hall–Kier alpha value is -1.71. The van der Waals surface area contributed by atoms with Gasteiger partial charge in [0.1, 0.15) is 5.75 Å². The van der Waals surface area contributed by atoms with Gasteiger partial charge in [-0.3, -0.25) is 4.99 Å². The Kier molecular flexibility index (Phi) is 4.04. The van der Waals surface area contributed by atoms with E-state index in [4.69, 9.17) is 27.9 Å². The van der Waals surface area contributed by atoms with Gasteiger partial charge in [-0.15, -0.1) is 0 Å². The minimum absolute atomic E-state index is 0.641. The summed E-state index contributed by atoms with van der Waals surface area (Å²) in [6.07, 6.45) is 0. The molecular weight excluding hydrogens is 307 g/mol. The Morgan fingerprint density at radius 3 is 2.76 bits per heavy atom. The Labute approximate surface area is 133 Å². The van der Waals surface area contributed by atoms with Crippen LogP contribution in [0.25, 0.3) is 0 Å². The van der Waals surface area contributed by atoms with E-state index in [2.05, 4.69) is 10.3 Å². The summed E-state index contributed by atoms with van der Waals surface area (Å²) in [5, 5.41) is 4.66. The molecule has 0 saturated carbocycles. The van der Waals surface area contributed by atoms with Crippen molar-refractivity contribution in [3.63, 3.8) is 0 Å². The number of fused-ring (bicyclic) bond motifs is 1. The summed E-state index contributed by atoms with van der Waals surface area (Å²) in [6.45, 7) is 1.45. The van der Waals surface area contributed by atoms with Crippen LogP contribution >= 0.6 is 23.2 Å². The van der Waals surface area contributed by atoms with Gasteiger partial charge in [0.05, 0.1) is 24.4 Å². The Morgan fingerprint density at radius 1 is 1.10 bits per heavy atom. The highest BCUT2D eigenvalue weighted by Crippen LogP contribution is 2.30. The molecule has 2 aromatic carbocycles. The normalized spacial score (nSPS) is 13.8. The first kappa shape index (κ1) is 14.2. The van der Waals surface area contributed by atoms with E-state index in [0.717, 1.165) is 34.8 Å². The summed E-state index contributed by atoms with van der Waals surface area (Å²) in [5.74, 6) is 0.748. The van der Waals surface area contributed by atoms with Crippen molar-refractivity contribution in [2.24, 2.45) is 4.99 Å². The number of benzene rings is 2. The molecule has 0 radical (unpaired) electrons. The number of aliphatic imine (C=N–C) groups is 1. The molecule has 0 aromatic heterocycles. The van der Waals surface area contributed by atoms with Crippen LogP contribution in [0.3, 0.4) is 0 Å². The fraction of sp³-hybridized carbons (Fsp3) is 0.188. The highest BCUT2D eigenvalue weighted by atomic mass is 35.5. The minimum Gasteiger partial charge on any atom is -0.497 e. The molecule has 0 fully saturated rings. The highest BCUT2D eigenvalue weighted by molar-refractivity contribution is 6.36. The lowest BCUT2D eigenvalue weighted by Crippen LogP contribution is -2.06. The molecule has 3 nitrogen and oxygen atoms in total. The van der Waals surface area contributed by atoms with Crippen molar-refractivity contribution in [3.8, 4) is 5.75 Å². The predicted octanol–water partition coefficient (Wildman–Crippen LogP) is 4.26. The second-order valence-corrected chi connectivity index (χ2v) is 5.54. The molecule has 2 aromatic rings. The van der Waals surface area contributed by atoms with Gasteiger partial charge in [-0.2, -0.15) is 0 Å². The number of nitrogens with zero attached hydrogens (tertiary/aromatic N) is 1. The van der Waals surface area contributed by atoms with Gasteiger partial charge in [-0.05, 0) is 36.4 Å². The summed E-state index contributed by atoms with van der Waals surface area (Å²) in [7, 11) is 1.63. The number of ether oxygens (including phenoxy) is 1. The maximum atomic E-state index is 6.36. The van der Waals surface area contributed by atoms with Crippen molar-refractivity contribution in [3.05, 3.63) is 57.6 Å². The fourth-order valence-corrected chi connectivity index (χ4v) is 2.73. The van der Waals surface area contributed by atoms with E-state index in [1.165, 1.54) is 0 Å². The standard InChI is InChI=1S/C16H14Cl2N2O/c1-21-11-3-4-14(18)12(9-11)16-13-8-10(17)2-5-15(13)19-6-7-20-16/h2-5,8-9,19H,6-7H2,1H3. The molecule has 1 aliphatic rings. The molecule has 1 aliphatic heterocycles. The molecular formula is C16H14Cl2N2O. The molecule has 0 saturated heterocycles. The SMILES string of the molecule is COc1ccc(Cl)c(C2=NCCNc3ccc(Cl)cc32)c1. The van der Waals surface area contributed by atoms with Crippen molar-refractivity contribution < 1.29 is 4.74 Å². The second kappa shape index (κ2) is 5.96. The quantitative estimate of drug-likeness (QED) is 0.896. The zero-order valence-corrected chi connectivity index (χ0v) is 13.0. The van der Waals surface area contributed by atoms with Gasteiger partial charge in [-0.25, -0.2) is 0 Å². The van der Waals surface area contributed by atoms with Gasteiger partial charge in [0.15, 0.2) is 0 Å². The number of nitrogens with one attached hydrogen (secondary N) is 1. The van der Waals surface area contributed by atoms with Crippen LogP contribution in [0.15, 0.2) is 41.4 Å². The zero-order chi connectivity index (χ0) is 14.8. The summed E-state index contributed by atoms with van der Waals surface area (Å²) in [4.78, 5) is 4.67. The number of methoxy groups -OCH3 is 1. The van der Waals surface area contributed by atoms with E-state index in [1.807, 2.05) is 36.4 Å². The minimum atomic E-state index is 0.641. The number of benzodiazepines with no additional fused rings is 1. The maximum Gasteiger partial charge on any atom is 0.119 e. The topological polar surface area (TPSA) is 33.6 Å². The molecule has 0 unspecified atom stereocenters. The molecule has 0 aliphatic carbocycles. The molecule has 5 heteroatoms. The lowest BCUT2D eigenvalue weighted by molar-refractivity contribution is 0.414. The molecule has 0 bridgehead atoms. The smallest absolute Gasteiger partial charge is 0.119 e. The Morgan fingerprint density at radius 2 is 1.95 bits per heavy atom. The number of hydrogen-bond acceptors (Lipinski definition) is 3. The van der Waals surface area contributed by atoms with Crippen molar-refractivity contribution in [1.82, 2.24) is 0 Å². The van der Waals surface area contributed by atoms with Crippen LogP contribution in [0, 0.1) is 0 Å². The molecule has 108 valence electrons. The van der Waals surface area contributed by atoms with E-state index in [-0.39, 0.29) is 0 Å². The van der Waals surface area contributed by atoms with E-state index in [0.29, 0.717) is 16.6 Å². The van der Waals surface area contributed by atoms with Crippen LogP contribution in [0.5, 0.6) is 5.75 Å². The summed E-state index contributed by atoms with van der Waals surface area (Å²) in [5.41, 5.74) is 3.65. The molecule has 3 rings (SSSR count). The number of halogens is 2. The molecule has 1 heterocycles. The van der Waals surface area contributed by atoms with Gasteiger partial charge in [0.2, 0.25) is 0 Å². The Bertz CT molecular complexity index is 713. The van der Waals surface area contributed by atoms with Gasteiger partial charge >= 0.3 is 0 Å². The van der Waals surface area contributed by atoms with E-state index >= 15 is 0 Å². The lowest BCUT2D eigenvalue weighted by atomic mass is 10.0. The number of rotatable bonds is 2. The predicted molar refractivity (Wildman–Crippen MR) is 88.5 cm³/mol. The largest absolute Gasteiger partial charge is 0.497 e. The lowest BCUT2D eigenvalue weighted by Gasteiger charge is -2.13. The van der Waals surface area contributed by atoms with Crippen LogP contribution < -0.4 is 10.1 Å². The molecule has 21 heavy (non-hydrogen) atoms. The summed E-state index contributed by atoms with van der Waals surface area (Å²) >= 11 is 12.5. The van der Waals surface area contributed by atoms with Gasteiger partial charge in [-0.1, -0.05) is 23.2 Å². The van der Waals surface area contributed by atoms with Crippen molar-refractivity contribution in [2.75, 3.05) is 25.5 Å². The summed E-state index contributed by atoms with van der Waals surface area (Å²) < 4.78 is 5.29. The van der Waals surface area contributed by atoms with Crippen molar-refractivity contribution in [2.45, 2.75) is 0 Å². The van der Waals surface area contributed by atoms with Crippen molar-refractivity contribution in [1.29, 1.82) is 0 Å².